The highest BCUT2D eigenvalue weighted by Gasteiger charge is 2.27. The summed E-state index contributed by atoms with van der Waals surface area (Å²) in [4.78, 5) is 12.0. The lowest BCUT2D eigenvalue weighted by Crippen LogP contribution is -2.08. The van der Waals surface area contributed by atoms with Crippen LogP contribution in [0.3, 0.4) is 0 Å². The van der Waals surface area contributed by atoms with Crippen LogP contribution in [0.15, 0.2) is 4.90 Å². The van der Waals surface area contributed by atoms with Crippen molar-refractivity contribution in [3.63, 3.8) is 0 Å². The average Bonchev–Trinajstić information content (AvgIpc) is 2.65. The number of hydrogen-bond acceptors (Lipinski definition) is 6. The Morgan fingerprint density at radius 3 is 2.41 bits per heavy atom. The SMILES string of the molecule is CCC(=O)c1sc(NC)c(S(=O)(=O)CC)c1N. The van der Waals surface area contributed by atoms with Gasteiger partial charge in [0, 0.05) is 13.5 Å². The summed E-state index contributed by atoms with van der Waals surface area (Å²) in [5.74, 6) is -0.177. The molecule has 0 radical (unpaired) electrons. The lowest BCUT2D eigenvalue weighted by molar-refractivity contribution is 0.0992. The van der Waals surface area contributed by atoms with Crippen molar-refractivity contribution in [3.8, 4) is 0 Å². The van der Waals surface area contributed by atoms with E-state index in [1.165, 1.54) is 0 Å². The quantitative estimate of drug-likeness (QED) is 0.800. The number of rotatable bonds is 5. The van der Waals surface area contributed by atoms with Crippen molar-refractivity contribution in [2.24, 2.45) is 0 Å². The van der Waals surface area contributed by atoms with E-state index in [4.69, 9.17) is 5.73 Å². The van der Waals surface area contributed by atoms with Crippen LogP contribution in [0.4, 0.5) is 10.7 Å². The number of nitrogens with two attached hydrogens (primary N) is 1. The number of ketones is 1. The zero-order valence-electron chi connectivity index (χ0n) is 10.0. The van der Waals surface area contributed by atoms with Crippen LogP contribution >= 0.6 is 11.3 Å². The number of thiophene rings is 1. The lowest BCUT2D eigenvalue weighted by Gasteiger charge is -2.04. The molecule has 0 aliphatic carbocycles. The van der Waals surface area contributed by atoms with Crippen molar-refractivity contribution in [2.75, 3.05) is 23.9 Å². The van der Waals surface area contributed by atoms with Crippen LogP contribution in [0.5, 0.6) is 0 Å². The molecule has 0 bridgehead atoms. The maximum atomic E-state index is 11.9. The minimum Gasteiger partial charge on any atom is -0.396 e. The maximum absolute atomic E-state index is 11.9. The highest BCUT2D eigenvalue weighted by atomic mass is 32.2. The van der Waals surface area contributed by atoms with Gasteiger partial charge in [0.2, 0.25) is 0 Å². The molecule has 0 aliphatic heterocycles. The third-order valence-corrected chi connectivity index (χ3v) is 5.59. The molecule has 1 rings (SSSR count). The highest BCUT2D eigenvalue weighted by Crippen LogP contribution is 2.39. The van der Waals surface area contributed by atoms with Gasteiger partial charge in [-0.1, -0.05) is 13.8 Å². The Bertz CT molecular complexity index is 532. The summed E-state index contributed by atoms with van der Waals surface area (Å²) in [5, 5.41) is 3.21. The Balaban J connectivity index is 3.51. The molecule has 0 unspecified atom stereocenters. The second-order valence-corrected chi connectivity index (χ2v) is 6.67. The zero-order valence-corrected chi connectivity index (χ0v) is 11.7. The van der Waals surface area contributed by atoms with E-state index in [9.17, 15) is 13.2 Å². The van der Waals surface area contributed by atoms with Crippen molar-refractivity contribution >= 4 is 37.6 Å². The minimum atomic E-state index is -3.42. The minimum absolute atomic E-state index is 0.0393. The second-order valence-electron chi connectivity index (χ2n) is 3.43. The Morgan fingerprint density at radius 2 is 2.00 bits per heavy atom. The van der Waals surface area contributed by atoms with Gasteiger partial charge in [0.05, 0.1) is 16.3 Å². The molecule has 96 valence electrons. The first-order valence-corrected chi connectivity index (χ1v) is 7.71. The smallest absolute Gasteiger partial charge is 0.183 e. The van der Waals surface area contributed by atoms with Gasteiger partial charge in [0.1, 0.15) is 9.90 Å². The number of anilines is 2. The molecular formula is C10H16N2O3S2. The molecule has 17 heavy (non-hydrogen) atoms. The van der Waals surface area contributed by atoms with Gasteiger partial charge in [-0.25, -0.2) is 8.42 Å². The second kappa shape index (κ2) is 5.05. The van der Waals surface area contributed by atoms with E-state index < -0.39 is 9.84 Å². The van der Waals surface area contributed by atoms with Gasteiger partial charge < -0.3 is 11.1 Å². The van der Waals surface area contributed by atoms with E-state index in [0.717, 1.165) is 11.3 Å². The standard InChI is InChI=1S/C10H16N2O3S2/c1-4-6(13)8-7(11)9(10(12-3)16-8)17(14,15)5-2/h12H,4-5,11H2,1-3H3. The molecule has 0 saturated carbocycles. The van der Waals surface area contributed by atoms with Gasteiger partial charge in [0.15, 0.2) is 15.6 Å². The van der Waals surface area contributed by atoms with Crippen molar-refractivity contribution in [1.29, 1.82) is 0 Å². The van der Waals surface area contributed by atoms with Crippen molar-refractivity contribution in [2.45, 2.75) is 25.2 Å². The molecule has 1 aromatic rings. The molecule has 1 heterocycles. The third-order valence-electron chi connectivity index (χ3n) is 2.39. The van der Waals surface area contributed by atoms with Crippen molar-refractivity contribution in [1.82, 2.24) is 0 Å². The molecule has 0 aromatic carbocycles. The first kappa shape index (κ1) is 14.0. The van der Waals surface area contributed by atoms with Gasteiger partial charge in [-0.15, -0.1) is 11.3 Å². The van der Waals surface area contributed by atoms with E-state index in [1.54, 1.807) is 20.9 Å². The van der Waals surface area contributed by atoms with Crippen molar-refractivity contribution in [3.05, 3.63) is 4.88 Å². The largest absolute Gasteiger partial charge is 0.396 e. The van der Waals surface area contributed by atoms with E-state index in [1.807, 2.05) is 0 Å². The van der Waals surface area contributed by atoms with Crippen molar-refractivity contribution < 1.29 is 13.2 Å². The van der Waals surface area contributed by atoms with E-state index in [0.29, 0.717) is 16.3 Å². The summed E-state index contributed by atoms with van der Waals surface area (Å²) < 4.78 is 23.8. The first-order chi connectivity index (χ1) is 7.88. The Hall–Kier alpha value is -1.08. The molecule has 0 aliphatic rings. The number of hydrogen-bond donors (Lipinski definition) is 2. The molecular weight excluding hydrogens is 260 g/mol. The third kappa shape index (κ3) is 2.44. The number of carbonyl (C=O) groups excluding carboxylic acids is 1. The number of sulfone groups is 1. The molecule has 3 N–H and O–H groups in total. The summed E-state index contributed by atoms with van der Waals surface area (Å²) in [6.45, 7) is 3.27. The summed E-state index contributed by atoms with van der Waals surface area (Å²) >= 11 is 1.10. The van der Waals surface area contributed by atoms with E-state index in [-0.39, 0.29) is 22.1 Å². The van der Waals surface area contributed by atoms with Gasteiger partial charge in [-0.05, 0) is 0 Å². The summed E-state index contributed by atoms with van der Waals surface area (Å²) in [5.41, 5.74) is 5.87. The number of carbonyl (C=O) groups is 1. The highest BCUT2D eigenvalue weighted by molar-refractivity contribution is 7.91. The van der Waals surface area contributed by atoms with Crippen LogP contribution in [0.1, 0.15) is 29.9 Å². The van der Waals surface area contributed by atoms with E-state index >= 15 is 0 Å². The van der Waals surface area contributed by atoms with Gasteiger partial charge >= 0.3 is 0 Å². The summed E-state index contributed by atoms with van der Waals surface area (Å²) in [7, 11) is -1.81. The average molecular weight is 276 g/mol. The topological polar surface area (TPSA) is 89.3 Å². The van der Waals surface area contributed by atoms with Crippen LogP contribution in [-0.2, 0) is 9.84 Å². The fraction of sp³-hybridized carbons (Fsp3) is 0.500. The lowest BCUT2D eigenvalue weighted by atomic mass is 10.2. The number of nitrogen functional groups attached to an aromatic ring is 1. The van der Waals surface area contributed by atoms with Gasteiger partial charge in [0.25, 0.3) is 0 Å². The molecule has 0 fully saturated rings. The Morgan fingerprint density at radius 1 is 1.41 bits per heavy atom. The number of nitrogens with one attached hydrogen (secondary N) is 1. The van der Waals surface area contributed by atoms with Crippen LogP contribution in [0, 0.1) is 0 Å². The summed E-state index contributed by atoms with van der Waals surface area (Å²) in [6.07, 6.45) is 0.305. The molecule has 1 aromatic heterocycles. The van der Waals surface area contributed by atoms with Gasteiger partial charge in [-0.3, -0.25) is 4.79 Å². The molecule has 0 spiro atoms. The van der Waals surface area contributed by atoms with Gasteiger partial charge in [-0.2, -0.15) is 0 Å². The van der Waals surface area contributed by atoms with Crippen LogP contribution in [0.25, 0.3) is 0 Å². The molecule has 5 nitrogen and oxygen atoms in total. The van der Waals surface area contributed by atoms with E-state index in [2.05, 4.69) is 5.32 Å². The molecule has 0 saturated heterocycles. The molecule has 7 heteroatoms. The maximum Gasteiger partial charge on any atom is 0.183 e. The monoisotopic (exact) mass is 276 g/mol. The normalized spacial score (nSPS) is 11.5. The summed E-state index contributed by atoms with van der Waals surface area (Å²) in [6, 6.07) is 0. The zero-order chi connectivity index (χ0) is 13.2. The predicted octanol–water partition coefficient (Wildman–Crippen LogP) is 1.76. The Kier molecular flexibility index (Phi) is 4.16. The predicted molar refractivity (Wildman–Crippen MR) is 70.6 cm³/mol. The first-order valence-electron chi connectivity index (χ1n) is 5.24. The fourth-order valence-electron chi connectivity index (χ4n) is 1.41. The van der Waals surface area contributed by atoms with Crippen LogP contribution < -0.4 is 11.1 Å². The molecule has 0 amide bonds. The fourth-order valence-corrected chi connectivity index (χ4v) is 4.07. The van der Waals surface area contributed by atoms with Crippen LogP contribution in [-0.4, -0.2) is 27.0 Å². The molecule has 0 atom stereocenters. The number of Topliss-reactive ketones (excluding diaryl/α,β-unsaturated/α-hetero) is 1. The van der Waals surface area contributed by atoms with Crippen LogP contribution in [0.2, 0.25) is 0 Å². The Labute approximate surface area is 105 Å².